The molecule has 0 radical (unpaired) electrons. The molecule has 3 aliphatic rings. The molecule has 45 heavy (non-hydrogen) atoms. The van der Waals surface area contributed by atoms with Crippen LogP contribution in [0.3, 0.4) is 0 Å². The molecule has 4 unspecified atom stereocenters. The Kier molecular flexibility index (Phi) is 8.46. The van der Waals surface area contributed by atoms with E-state index in [0.29, 0.717) is 11.8 Å². The molecule has 1 heteroatoms. The molecule has 0 spiro atoms. The fraction of sp³-hybridized carbons (Fsp3) is 0.409. The maximum atomic E-state index is 4.31. The van der Waals surface area contributed by atoms with Crippen molar-refractivity contribution in [2.45, 2.75) is 93.7 Å². The lowest BCUT2D eigenvalue weighted by atomic mass is 9.62. The van der Waals surface area contributed by atoms with E-state index in [1.807, 2.05) is 0 Å². The van der Waals surface area contributed by atoms with Gasteiger partial charge in [-0.3, -0.25) is 5.32 Å². The van der Waals surface area contributed by atoms with Crippen LogP contribution in [0.2, 0.25) is 0 Å². The summed E-state index contributed by atoms with van der Waals surface area (Å²) in [7, 11) is 0. The zero-order valence-electron chi connectivity index (χ0n) is 29.1. The van der Waals surface area contributed by atoms with Gasteiger partial charge in [-0.15, -0.1) is 0 Å². The molecule has 1 saturated carbocycles. The van der Waals surface area contributed by atoms with Crippen molar-refractivity contribution in [1.82, 2.24) is 5.32 Å². The van der Waals surface area contributed by atoms with Gasteiger partial charge < -0.3 is 0 Å². The van der Waals surface area contributed by atoms with E-state index in [4.69, 9.17) is 0 Å². The molecule has 6 rings (SSSR count). The molecule has 0 amide bonds. The van der Waals surface area contributed by atoms with Crippen LogP contribution in [0.5, 0.6) is 0 Å². The standard InChI is InChI=1S/C44H53N/c1-28-10-16-31(17-11-28)22-34-24-36(43(4,5)6)26-38-40(33-20-14-30(3)15-21-33)39-27-37(44(7,8)9)25-35(42(39)45-41(34)38)23-32-18-12-29(2)13-19-32/h10-23,26,36-37,41-42,45H,24-25,27H2,1-9H3. The summed E-state index contributed by atoms with van der Waals surface area (Å²) in [4.78, 5) is 0. The molecule has 234 valence electrons. The normalized spacial score (nSPS) is 25.7. The highest BCUT2D eigenvalue weighted by atomic mass is 15.0. The molecule has 1 N–H and O–H groups in total. The Balaban J connectivity index is 1.60. The van der Waals surface area contributed by atoms with Gasteiger partial charge in [0.2, 0.25) is 0 Å². The van der Waals surface area contributed by atoms with E-state index in [-0.39, 0.29) is 22.9 Å². The Morgan fingerprint density at radius 3 is 1.56 bits per heavy atom. The summed E-state index contributed by atoms with van der Waals surface area (Å²) in [5, 5.41) is 4.31. The zero-order chi connectivity index (χ0) is 32.1. The van der Waals surface area contributed by atoms with Crippen LogP contribution in [-0.4, -0.2) is 12.1 Å². The summed E-state index contributed by atoms with van der Waals surface area (Å²) in [6.45, 7) is 21.1. The van der Waals surface area contributed by atoms with Gasteiger partial charge in [0.05, 0.1) is 12.1 Å². The summed E-state index contributed by atoms with van der Waals surface area (Å²) >= 11 is 0. The SMILES string of the molecule is Cc1ccc(C=C2CC(C(C)(C)C)C=C3C(c4ccc(C)cc4)=C4CC(C(C)(C)C)CC(=Cc5ccc(C)cc5)C4NC23)cc1. The number of hydrogen-bond donors (Lipinski definition) is 1. The summed E-state index contributed by atoms with van der Waals surface area (Å²) < 4.78 is 0. The Hall–Kier alpha value is -3.42. The van der Waals surface area contributed by atoms with Crippen LogP contribution < -0.4 is 5.32 Å². The van der Waals surface area contributed by atoms with Gasteiger partial charge in [0, 0.05) is 0 Å². The third kappa shape index (κ3) is 6.75. The van der Waals surface area contributed by atoms with E-state index in [1.165, 1.54) is 55.7 Å². The van der Waals surface area contributed by atoms with E-state index in [9.17, 15) is 0 Å². The second kappa shape index (κ2) is 12.1. The average molecular weight is 596 g/mol. The van der Waals surface area contributed by atoms with Crippen molar-refractivity contribution in [3.05, 3.63) is 135 Å². The van der Waals surface area contributed by atoms with Gasteiger partial charge in [-0.05, 0) is 107 Å². The molecule has 1 fully saturated rings. The van der Waals surface area contributed by atoms with Crippen molar-refractivity contribution in [2.24, 2.45) is 22.7 Å². The maximum Gasteiger partial charge on any atom is 0.0549 e. The van der Waals surface area contributed by atoms with Gasteiger partial charge in [0.1, 0.15) is 0 Å². The molecule has 1 aliphatic heterocycles. The topological polar surface area (TPSA) is 12.0 Å². The summed E-state index contributed by atoms with van der Waals surface area (Å²) in [6, 6.07) is 27.9. The number of rotatable bonds is 3. The molecule has 1 heterocycles. The molecule has 1 nitrogen and oxygen atoms in total. The highest BCUT2D eigenvalue weighted by molar-refractivity contribution is 5.88. The van der Waals surface area contributed by atoms with Crippen molar-refractivity contribution in [3.63, 3.8) is 0 Å². The minimum atomic E-state index is 0.168. The highest BCUT2D eigenvalue weighted by Gasteiger charge is 2.44. The molecular formula is C44H53N. The van der Waals surface area contributed by atoms with Crippen LogP contribution in [0.1, 0.15) is 94.2 Å². The second-order valence-corrected chi connectivity index (χ2v) is 16.3. The van der Waals surface area contributed by atoms with Crippen LogP contribution in [0.4, 0.5) is 0 Å². The van der Waals surface area contributed by atoms with Crippen LogP contribution in [0.25, 0.3) is 17.7 Å². The molecular weight excluding hydrogens is 542 g/mol. The predicted molar refractivity (Wildman–Crippen MR) is 195 cm³/mol. The first-order valence-electron chi connectivity index (χ1n) is 17.1. The molecule has 2 aliphatic carbocycles. The Morgan fingerprint density at radius 2 is 1.07 bits per heavy atom. The molecule has 3 aromatic carbocycles. The fourth-order valence-electron chi connectivity index (χ4n) is 7.53. The van der Waals surface area contributed by atoms with Gasteiger partial charge >= 0.3 is 0 Å². The van der Waals surface area contributed by atoms with Crippen LogP contribution in [-0.2, 0) is 0 Å². The van der Waals surface area contributed by atoms with E-state index in [2.05, 4.69) is 159 Å². The highest BCUT2D eigenvalue weighted by Crippen LogP contribution is 2.52. The number of aryl methyl sites for hydroxylation is 3. The first-order valence-corrected chi connectivity index (χ1v) is 17.1. The summed E-state index contributed by atoms with van der Waals surface area (Å²) in [6.07, 6.45) is 11.0. The number of hydrogen-bond acceptors (Lipinski definition) is 1. The van der Waals surface area contributed by atoms with Gasteiger partial charge in [-0.25, -0.2) is 0 Å². The van der Waals surface area contributed by atoms with Gasteiger partial charge in [0.25, 0.3) is 0 Å². The van der Waals surface area contributed by atoms with Gasteiger partial charge in [0.15, 0.2) is 0 Å². The van der Waals surface area contributed by atoms with E-state index >= 15 is 0 Å². The summed E-state index contributed by atoms with van der Waals surface area (Å²) in [5.74, 6) is 1.04. The van der Waals surface area contributed by atoms with Gasteiger partial charge in [-0.1, -0.05) is 149 Å². The van der Waals surface area contributed by atoms with Crippen molar-refractivity contribution in [2.75, 3.05) is 0 Å². The van der Waals surface area contributed by atoms with E-state index < -0.39 is 0 Å². The van der Waals surface area contributed by atoms with Gasteiger partial charge in [-0.2, -0.15) is 0 Å². The number of allylic oxidation sites excluding steroid dienone is 1. The lowest BCUT2D eigenvalue weighted by Gasteiger charge is -2.49. The Bertz CT molecular complexity index is 1660. The number of fused-ring (bicyclic) bond motifs is 2. The van der Waals surface area contributed by atoms with E-state index in [0.717, 1.165) is 19.3 Å². The smallest absolute Gasteiger partial charge is 0.0549 e. The molecule has 3 aromatic rings. The number of benzene rings is 3. The minimum absolute atomic E-state index is 0.168. The monoisotopic (exact) mass is 595 g/mol. The fourth-order valence-corrected chi connectivity index (χ4v) is 7.53. The molecule has 0 saturated heterocycles. The molecule has 0 bridgehead atoms. The minimum Gasteiger partial charge on any atom is -0.296 e. The van der Waals surface area contributed by atoms with E-state index in [1.54, 1.807) is 5.57 Å². The zero-order valence-corrected chi connectivity index (χ0v) is 29.1. The maximum absolute atomic E-state index is 4.31. The Morgan fingerprint density at radius 1 is 0.578 bits per heavy atom. The first-order chi connectivity index (χ1) is 21.3. The molecule has 4 atom stereocenters. The van der Waals surface area contributed by atoms with Crippen molar-refractivity contribution in [1.29, 1.82) is 0 Å². The van der Waals surface area contributed by atoms with Crippen molar-refractivity contribution in [3.8, 4) is 0 Å². The lowest BCUT2D eigenvalue weighted by molar-refractivity contribution is 0.215. The quantitative estimate of drug-likeness (QED) is 0.318. The predicted octanol–water partition coefficient (Wildman–Crippen LogP) is 11.3. The largest absolute Gasteiger partial charge is 0.296 e. The third-order valence-electron chi connectivity index (χ3n) is 10.7. The third-order valence-corrected chi connectivity index (χ3v) is 10.7. The van der Waals surface area contributed by atoms with Crippen LogP contribution >= 0.6 is 0 Å². The van der Waals surface area contributed by atoms with Crippen LogP contribution in [0.15, 0.2) is 101 Å². The lowest BCUT2D eigenvalue weighted by Crippen LogP contribution is -2.51. The van der Waals surface area contributed by atoms with Crippen molar-refractivity contribution < 1.29 is 0 Å². The first kappa shape index (κ1) is 31.6. The number of nitrogens with one attached hydrogen (secondary N) is 1. The van der Waals surface area contributed by atoms with Crippen LogP contribution in [0, 0.1) is 43.4 Å². The Labute approximate surface area is 273 Å². The average Bonchev–Trinajstić information content (AvgIpc) is 2.98. The molecule has 0 aromatic heterocycles. The van der Waals surface area contributed by atoms with Crippen molar-refractivity contribution >= 4 is 17.7 Å². The summed E-state index contributed by atoms with van der Waals surface area (Å²) in [5.41, 5.74) is 15.9. The second-order valence-electron chi connectivity index (χ2n) is 16.3.